The highest BCUT2D eigenvalue weighted by Gasteiger charge is 2.08. The van der Waals surface area contributed by atoms with Gasteiger partial charge >= 0.3 is 5.97 Å². The first-order chi connectivity index (χ1) is 9.69. The van der Waals surface area contributed by atoms with E-state index in [9.17, 15) is 4.79 Å². The molecule has 0 aliphatic heterocycles. The van der Waals surface area contributed by atoms with Crippen molar-refractivity contribution in [3.8, 4) is 5.75 Å². The molecule has 0 unspecified atom stereocenters. The van der Waals surface area contributed by atoms with Crippen LogP contribution in [-0.2, 0) is 11.3 Å². The maximum absolute atomic E-state index is 11.5. The SMILES string of the molecule is CCOC(=O)c1cnn(CCOc2cccc(Br)c2)c1. The van der Waals surface area contributed by atoms with Gasteiger partial charge in [0.15, 0.2) is 0 Å². The Labute approximate surface area is 125 Å². The molecular formula is C14H15BrN2O3. The molecule has 6 heteroatoms. The molecule has 0 spiro atoms. The maximum atomic E-state index is 11.5. The fourth-order valence-corrected chi connectivity index (χ4v) is 2.00. The minimum absolute atomic E-state index is 0.355. The van der Waals surface area contributed by atoms with Crippen molar-refractivity contribution in [1.82, 2.24) is 9.78 Å². The number of nitrogens with zero attached hydrogens (tertiary/aromatic N) is 2. The first-order valence-electron chi connectivity index (χ1n) is 6.27. The van der Waals surface area contributed by atoms with E-state index in [1.54, 1.807) is 17.8 Å². The molecule has 1 heterocycles. The maximum Gasteiger partial charge on any atom is 0.341 e. The summed E-state index contributed by atoms with van der Waals surface area (Å²) in [5.74, 6) is 0.434. The number of rotatable bonds is 6. The Morgan fingerprint density at radius 2 is 2.30 bits per heavy atom. The highest BCUT2D eigenvalue weighted by Crippen LogP contribution is 2.17. The van der Waals surface area contributed by atoms with Crippen LogP contribution in [0.1, 0.15) is 17.3 Å². The number of ether oxygens (including phenoxy) is 2. The van der Waals surface area contributed by atoms with Crippen molar-refractivity contribution in [3.63, 3.8) is 0 Å². The molecule has 0 atom stereocenters. The Kier molecular flexibility index (Phi) is 5.17. The molecular weight excluding hydrogens is 324 g/mol. The van der Waals surface area contributed by atoms with Gasteiger partial charge in [-0.2, -0.15) is 5.10 Å². The van der Waals surface area contributed by atoms with Crippen LogP contribution in [0.4, 0.5) is 0 Å². The van der Waals surface area contributed by atoms with E-state index in [4.69, 9.17) is 9.47 Å². The van der Waals surface area contributed by atoms with Crippen molar-refractivity contribution in [3.05, 3.63) is 46.7 Å². The van der Waals surface area contributed by atoms with Crippen LogP contribution in [0.3, 0.4) is 0 Å². The average molecular weight is 339 g/mol. The summed E-state index contributed by atoms with van der Waals surface area (Å²) in [6.45, 7) is 3.16. The lowest BCUT2D eigenvalue weighted by Gasteiger charge is -2.06. The summed E-state index contributed by atoms with van der Waals surface area (Å²) in [5, 5.41) is 4.09. The van der Waals surface area contributed by atoms with Crippen LogP contribution < -0.4 is 4.74 Å². The van der Waals surface area contributed by atoms with Crippen LogP contribution in [-0.4, -0.2) is 29.0 Å². The Balaban J connectivity index is 1.84. The van der Waals surface area contributed by atoms with Crippen molar-refractivity contribution in [2.75, 3.05) is 13.2 Å². The van der Waals surface area contributed by atoms with Crippen LogP contribution in [0.5, 0.6) is 5.75 Å². The van der Waals surface area contributed by atoms with E-state index < -0.39 is 0 Å². The van der Waals surface area contributed by atoms with E-state index in [0.29, 0.717) is 25.3 Å². The standard InChI is InChI=1S/C14H15BrN2O3/c1-2-19-14(18)11-9-16-17(10-11)6-7-20-13-5-3-4-12(15)8-13/h3-5,8-10H,2,6-7H2,1H3. The zero-order valence-corrected chi connectivity index (χ0v) is 12.7. The van der Waals surface area contributed by atoms with Gasteiger partial charge in [-0.3, -0.25) is 4.68 Å². The van der Waals surface area contributed by atoms with Crippen molar-refractivity contribution in [2.45, 2.75) is 13.5 Å². The molecule has 2 rings (SSSR count). The molecule has 0 fully saturated rings. The fraction of sp³-hybridized carbons (Fsp3) is 0.286. The molecule has 5 nitrogen and oxygen atoms in total. The molecule has 0 aliphatic carbocycles. The average Bonchev–Trinajstić information content (AvgIpc) is 2.88. The second kappa shape index (κ2) is 7.09. The normalized spacial score (nSPS) is 10.3. The molecule has 0 aliphatic rings. The fourth-order valence-electron chi connectivity index (χ4n) is 1.62. The predicted molar refractivity (Wildman–Crippen MR) is 77.8 cm³/mol. The molecule has 2 aromatic rings. The zero-order valence-electron chi connectivity index (χ0n) is 11.1. The summed E-state index contributed by atoms with van der Waals surface area (Å²) < 4.78 is 13.1. The lowest BCUT2D eigenvalue weighted by Crippen LogP contribution is -2.09. The zero-order chi connectivity index (χ0) is 14.4. The van der Waals surface area contributed by atoms with E-state index in [-0.39, 0.29) is 5.97 Å². The van der Waals surface area contributed by atoms with E-state index in [2.05, 4.69) is 21.0 Å². The number of halogens is 1. The molecule has 0 bridgehead atoms. The number of aromatic nitrogens is 2. The second-order valence-electron chi connectivity index (χ2n) is 4.02. The summed E-state index contributed by atoms with van der Waals surface area (Å²) in [5.41, 5.74) is 0.453. The van der Waals surface area contributed by atoms with Gasteiger partial charge in [0.25, 0.3) is 0 Å². The van der Waals surface area contributed by atoms with E-state index in [1.165, 1.54) is 6.20 Å². The molecule has 0 amide bonds. The number of hydrogen-bond acceptors (Lipinski definition) is 4. The third-order valence-electron chi connectivity index (χ3n) is 2.53. The number of benzene rings is 1. The summed E-state index contributed by atoms with van der Waals surface area (Å²) in [6, 6.07) is 7.63. The lowest BCUT2D eigenvalue weighted by atomic mass is 10.3. The van der Waals surface area contributed by atoms with Gasteiger partial charge in [-0.15, -0.1) is 0 Å². The molecule has 20 heavy (non-hydrogen) atoms. The first kappa shape index (κ1) is 14.6. The number of carbonyl (C=O) groups excluding carboxylic acids is 1. The van der Waals surface area contributed by atoms with Crippen molar-refractivity contribution in [1.29, 1.82) is 0 Å². The Morgan fingerprint density at radius 3 is 3.05 bits per heavy atom. The summed E-state index contributed by atoms with van der Waals surface area (Å²) in [6.07, 6.45) is 3.15. The lowest BCUT2D eigenvalue weighted by molar-refractivity contribution is 0.0526. The van der Waals surface area contributed by atoms with Crippen molar-refractivity contribution >= 4 is 21.9 Å². The molecule has 0 radical (unpaired) electrons. The first-order valence-corrected chi connectivity index (χ1v) is 7.06. The van der Waals surface area contributed by atoms with Crippen LogP contribution in [0.15, 0.2) is 41.1 Å². The van der Waals surface area contributed by atoms with Gasteiger partial charge in [0.1, 0.15) is 12.4 Å². The van der Waals surface area contributed by atoms with Gasteiger partial charge in [-0.1, -0.05) is 22.0 Å². The predicted octanol–water partition coefficient (Wildman–Crippen LogP) is 2.90. The van der Waals surface area contributed by atoms with Gasteiger partial charge in [0, 0.05) is 10.7 Å². The number of esters is 1. The van der Waals surface area contributed by atoms with Crippen LogP contribution >= 0.6 is 15.9 Å². The summed E-state index contributed by atoms with van der Waals surface area (Å²) >= 11 is 3.38. The molecule has 0 N–H and O–H groups in total. The highest BCUT2D eigenvalue weighted by molar-refractivity contribution is 9.10. The van der Waals surface area contributed by atoms with E-state index in [1.807, 2.05) is 24.3 Å². The summed E-state index contributed by atoms with van der Waals surface area (Å²) in [7, 11) is 0. The van der Waals surface area contributed by atoms with E-state index in [0.717, 1.165) is 10.2 Å². The molecule has 1 aromatic heterocycles. The number of carbonyl (C=O) groups is 1. The van der Waals surface area contributed by atoms with Crippen molar-refractivity contribution < 1.29 is 14.3 Å². The van der Waals surface area contributed by atoms with Gasteiger partial charge in [0.2, 0.25) is 0 Å². The van der Waals surface area contributed by atoms with Gasteiger partial charge in [-0.25, -0.2) is 4.79 Å². The van der Waals surface area contributed by atoms with Gasteiger partial charge < -0.3 is 9.47 Å². The summed E-state index contributed by atoms with van der Waals surface area (Å²) in [4.78, 5) is 11.5. The minimum atomic E-state index is -0.355. The van der Waals surface area contributed by atoms with E-state index >= 15 is 0 Å². The minimum Gasteiger partial charge on any atom is -0.492 e. The van der Waals surface area contributed by atoms with Crippen molar-refractivity contribution in [2.24, 2.45) is 0 Å². The Bertz CT molecular complexity index is 583. The topological polar surface area (TPSA) is 53.3 Å². The Hall–Kier alpha value is -1.82. The second-order valence-corrected chi connectivity index (χ2v) is 4.93. The van der Waals surface area contributed by atoms with Gasteiger partial charge in [-0.05, 0) is 25.1 Å². The molecule has 0 saturated carbocycles. The Morgan fingerprint density at radius 1 is 1.45 bits per heavy atom. The largest absolute Gasteiger partial charge is 0.492 e. The molecule has 1 aromatic carbocycles. The van der Waals surface area contributed by atoms with Crippen LogP contribution in [0, 0.1) is 0 Å². The quantitative estimate of drug-likeness (QED) is 0.760. The monoisotopic (exact) mass is 338 g/mol. The smallest absolute Gasteiger partial charge is 0.341 e. The highest BCUT2D eigenvalue weighted by atomic mass is 79.9. The van der Waals surface area contributed by atoms with Crippen LogP contribution in [0.2, 0.25) is 0 Å². The number of hydrogen-bond donors (Lipinski definition) is 0. The third-order valence-corrected chi connectivity index (χ3v) is 3.02. The van der Waals surface area contributed by atoms with Crippen LogP contribution in [0.25, 0.3) is 0 Å². The third kappa shape index (κ3) is 4.09. The van der Waals surface area contributed by atoms with Gasteiger partial charge in [0.05, 0.1) is 24.9 Å². The molecule has 106 valence electrons. The molecule has 0 saturated heterocycles.